The first-order valence-corrected chi connectivity index (χ1v) is 15.0. The molecule has 2 aliphatic rings. The van der Waals surface area contributed by atoms with Crippen LogP contribution in [-0.4, -0.2) is 42.0 Å². The molecule has 1 N–H and O–H groups in total. The molecule has 0 aromatic carbocycles. The second kappa shape index (κ2) is 9.74. The second-order valence-electron chi connectivity index (χ2n) is 10.8. The van der Waals surface area contributed by atoms with Crippen LogP contribution in [-0.2, 0) is 9.36 Å². The molecule has 1 aromatic heterocycles. The average Bonchev–Trinajstić information content (AvgIpc) is 3.12. The van der Waals surface area contributed by atoms with E-state index in [1.165, 1.54) is 0 Å². The number of thiophene rings is 1. The predicted molar refractivity (Wildman–Crippen MR) is 133 cm³/mol. The van der Waals surface area contributed by atoms with Gasteiger partial charge in [0.1, 0.15) is 4.88 Å². The van der Waals surface area contributed by atoms with E-state index in [1.807, 2.05) is 27.4 Å². The number of carboxylic acids is 1. The van der Waals surface area contributed by atoms with Gasteiger partial charge >= 0.3 is 5.97 Å². The molecule has 2 fully saturated rings. The summed E-state index contributed by atoms with van der Waals surface area (Å²) in [4.78, 5) is 28.6. The van der Waals surface area contributed by atoms with E-state index in [1.54, 1.807) is 11.0 Å². The largest absolute Gasteiger partial charge is 0.477 e. The Bertz CT molecular complexity index is 960. The number of carbonyl (C=O) groups is 2. The summed E-state index contributed by atoms with van der Waals surface area (Å²) in [5.41, 5.74) is 0.273. The smallest absolute Gasteiger partial charge is 0.348 e. The molecule has 5 nitrogen and oxygen atoms in total. The van der Waals surface area contributed by atoms with Gasteiger partial charge in [0.05, 0.1) is 17.7 Å². The topological polar surface area (TPSA) is 74.7 Å². The first-order chi connectivity index (χ1) is 14.9. The molecule has 1 aliphatic carbocycles. The lowest BCUT2D eigenvalue weighted by atomic mass is 9.82. The van der Waals surface area contributed by atoms with Crippen molar-refractivity contribution in [1.82, 2.24) is 0 Å². The minimum atomic E-state index is -2.15. The van der Waals surface area contributed by atoms with Crippen molar-refractivity contribution in [2.45, 2.75) is 72.3 Å². The van der Waals surface area contributed by atoms with Crippen molar-refractivity contribution >= 4 is 36.0 Å². The summed E-state index contributed by atoms with van der Waals surface area (Å²) in [7, 11) is -2.15. The van der Waals surface area contributed by atoms with E-state index in [-0.39, 0.29) is 28.2 Å². The zero-order valence-corrected chi connectivity index (χ0v) is 21.7. The average molecular weight is 478 g/mol. The fourth-order valence-corrected chi connectivity index (χ4v) is 7.34. The number of rotatable bonds is 4. The molecule has 1 aromatic rings. The Hall–Kier alpha value is -1.57. The van der Waals surface area contributed by atoms with Crippen LogP contribution in [0.5, 0.6) is 0 Å². The molecule has 32 heavy (non-hydrogen) atoms. The van der Waals surface area contributed by atoms with Crippen molar-refractivity contribution in [3.05, 3.63) is 15.8 Å². The van der Waals surface area contributed by atoms with Crippen LogP contribution in [0.4, 0.5) is 5.69 Å². The Morgan fingerprint density at radius 2 is 1.72 bits per heavy atom. The summed E-state index contributed by atoms with van der Waals surface area (Å²) in [5.74, 6) is 5.85. The fourth-order valence-electron chi connectivity index (χ4n) is 4.58. The van der Waals surface area contributed by atoms with Crippen LogP contribution in [0.3, 0.4) is 0 Å². The Morgan fingerprint density at radius 1 is 1.12 bits per heavy atom. The molecule has 2 heterocycles. The van der Waals surface area contributed by atoms with Gasteiger partial charge in [0.25, 0.3) is 0 Å². The highest BCUT2D eigenvalue weighted by Crippen LogP contribution is 2.48. The maximum Gasteiger partial charge on any atom is 0.348 e. The first kappa shape index (κ1) is 25.1. The van der Waals surface area contributed by atoms with Gasteiger partial charge in [-0.3, -0.25) is 4.79 Å². The number of carboxylic acid groups (broad SMARTS) is 1. The van der Waals surface area contributed by atoms with Gasteiger partial charge in [-0.1, -0.05) is 18.8 Å². The molecule has 0 spiro atoms. The highest BCUT2D eigenvalue weighted by molar-refractivity contribution is 7.63. The summed E-state index contributed by atoms with van der Waals surface area (Å²) < 4.78 is 12.6. The van der Waals surface area contributed by atoms with E-state index >= 15 is 0 Å². The van der Waals surface area contributed by atoms with Crippen molar-refractivity contribution in [1.29, 1.82) is 0 Å². The molecular weight excluding hydrogens is 441 g/mol. The van der Waals surface area contributed by atoms with Gasteiger partial charge in [-0.05, 0) is 77.9 Å². The van der Waals surface area contributed by atoms with Gasteiger partial charge < -0.3 is 14.6 Å². The lowest BCUT2D eigenvalue weighted by molar-refractivity contribution is -0.124. The van der Waals surface area contributed by atoms with Gasteiger partial charge in [0.15, 0.2) is 0 Å². The summed E-state index contributed by atoms with van der Waals surface area (Å²) in [6.07, 6.45) is 6.25. The van der Waals surface area contributed by atoms with Crippen molar-refractivity contribution in [2.24, 2.45) is 17.3 Å². The highest BCUT2D eigenvalue weighted by atomic mass is 32.1. The van der Waals surface area contributed by atoms with E-state index in [9.17, 15) is 19.3 Å². The van der Waals surface area contributed by atoms with Crippen molar-refractivity contribution in [3.63, 3.8) is 0 Å². The molecule has 176 valence electrons. The molecule has 3 rings (SSSR count). The standard InChI is InChI=1S/C25H36NO4PS/c1-17-6-8-18(9-7-17)23(27)26(19-11-14-31(5,30)15-12-19)21-16-20(10-13-25(2,3)4)32-22(21)24(28)29/h16-19H,6-9,11-12,14-15H2,1-5H3,(H,28,29). The maximum absolute atomic E-state index is 13.8. The Balaban J connectivity index is 2.01. The molecule has 1 saturated carbocycles. The predicted octanol–water partition coefficient (Wildman–Crippen LogP) is 6.16. The van der Waals surface area contributed by atoms with Crippen LogP contribution < -0.4 is 4.90 Å². The molecule has 0 atom stereocenters. The number of aromatic carboxylic acids is 1. The van der Waals surface area contributed by atoms with Crippen molar-refractivity contribution < 1.29 is 19.3 Å². The summed E-state index contributed by atoms with van der Waals surface area (Å²) in [5, 5.41) is 9.94. The SMILES string of the molecule is CC1CCC(C(=O)N(c2cc(C#CC(C)(C)C)sc2C(=O)O)C2CCP(C)(=O)CC2)CC1. The van der Waals surface area contributed by atoms with Gasteiger partial charge in [0, 0.05) is 29.7 Å². The second-order valence-corrected chi connectivity index (χ2v) is 15.3. The molecule has 1 amide bonds. The number of hydrogen-bond acceptors (Lipinski definition) is 4. The summed E-state index contributed by atoms with van der Waals surface area (Å²) >= 11 is 1.14. The zero-order valence-electron chi connectivity index (χ0n) is 19.9. The first-order valence-electron chi connectivity index (χ1n) is 11.7. The van der Waals surface area contributed by atoms with Crippen molar-refractivity contribution in [2.75, 3.05) is 23.9 Å². The Morgan fingerprint density at radius 3 is 2.25 bits per heavy atom. The maximum atomic E-state index is 13.8. The summed E-state index contributed by atoms with van der Waals surface area (Å²) in [6, 6.07) is 1.68. The van der Waals surface area contributed by atoms with Gasteiger partial charge in [-0.2, -0.15) is 0 Å². The Labute approximate surface area is 196 Å². The molecule has 1 saturated heterocycles. The van der Waals surface area contributed by atoms with Crippen molar-refractivity contribution in [3.8, 4) is 11.8 Å². The van der Waals surface area contributed by atoms with Crippen LogP contribution in [0.1, 0.15) is 80.8 Å². The van der Waals surface area contributed by atoms with Crippen LogP contribution >= 0.6 is 18.5 Å². The monoisotopic (exact) mass is 477 g/mol. The van der Waals surface area contributed by atoms with E-state index in [2.05, 4.69) is 18.8 Å². The lowest BCUT2D eigenvalue weighted by Gasteiger charge is -2.39. The van der Waals surface area contributed by atoms with E-state index < -0.39 is 13.1 Å². The van der Waals surface area contributed by atoms with E-state index in [4.69, 9.17) is 0 Å². The molecule has 7 heteroatoms. The number of hydrogen-bond donors (Lipinski definition) is 1. The van der Waals surface area contributed by atoms with Gasteiger partial charge in [-0.15, -0.1) is 11.3 Å². The molecule has 0 radical (unpaired) electrons. The number of nitrogens with zero attached hydrogens (tertiary/aromatic N) is 1. The molecule has 0 bridgehead atoms. The fraction of sp³-hybridized carbons (Fsp3) is 0.680. The van der Waals surface area contributed by atoms with E-state index in [0.29, 0.717) is 41.6 Å². The van der Waals surface area contributed by atoms with Gasteiger partial charge in [-0.25, -0.2) is 4.79 Å². The van der Waals surface area contributed by atoms with Crippen LogP contribution in [0.15, 0.2) is 6.07 Å². The van der Waals surface area contributed by atoms with Crippen LogP contribution in [0, 0.1) is 29.1 Å². The normalized spacial score (nSPS) is 28.5. The Kier molecular flexibility index (Phi) is 7.62. The van der Waals surface area contributed by atoms with E-state index in [0.717, 1.165) is 37.0 Å². The summed E-state index contributed by atoms with van der Waals surface area (Å²) in [6.45, 7) is 10.1. The molecule has 0 unspecified atom stereocenters. The minimum Gasteiger partial charge on any atom is -0.477 e. The van der Waals surface area contributed by atoms with Crippen LogP contribution in [0.25, 0.3) is 0 Å². The zero-order chi connectivity index (χ0) is 23.7. The van der Waals surface area contributed by atoms with Gasteiger partial charge in [0.2, 0.25) is 5.91 Å². The minimum absolute atomic E-state index is 0.0327. The third-order valence-corrected chi connectivity index (χ3v) is 10.0. The van der Waals surface area contributed by atoms with Crippen LogP contribution in [0.2, 0.25) is 0 Å². The third-order valence-electron chi connectivity index (χ3n) is 6.57. The molecule has 1 aliphatic heterocycles. The number of anilines is 1. The number of amides is 1. The third kappa shape index (κ3) is 6.27. The lowest BCUT2D eigenvalue weighted by Crippen LogP contribution is -2.47. The number of carbonyl (C=O) groups excluding carboxylic acids is 1. The highest BCUT2D eigenvalue weighted by Gasteiger charge is 2.38. The quantitative estimate of drug-likeness (QED) is 0.416. The molecular formula is C25H36NO4PS.